The first-order valence-electron chi connectivity index (χ1n) is 8.93. The summed E-state index contributed by atoms with van der Waals surface area (Å²) in [5.41, 5.74) is 3.62. The molecule has 0 unspecified atom stereocenters. The van der Waals surface area contributed by atoms with Gasteiger partial charge >= 0.3 is 5.97 Å². The van der Waals surface area contributed by atoms with Gasteiger partial charge in [0.25, 0.3) is 5.91 Å². The molecule has 0 bridgehead atoms. The van der Waals surface area contributed by atoms with Crippen molar-refractivity contribution in [3.63, 3.8) is 0 Å². The summed E-state index contributed by atoms with van der Waals surface area (Å²) >= 11 is 1.46. The summed E-state index contributed by atoms with van der Waals surface area (Å²) in [5.74, 6) is -0.369. The second kappa shape index (κ2) is 8.90. The number of fused-ring (bicyclic) bond motifs is 1. The highest BCUT2D eigenvalue weighted by Gasteiger charge is 2.16. The first kappa shape index (κ1) is 18.5. The van der Waals surface area contributed by atoms with Crippen LogP contribution in [0.4, 0.5) is 5.69 Å². The van der Waals surface area contributed by atoms with Crippen molar-refractivity contribution in [1.82, 2.24) is 0 Å². The van der Waals surface area contributed by atoms with Crippen molar-refractivity contribution in [1.29, 1.82) is 0 Å². The molecular weight excluding hydrogens is 346 g/mol. The van der Waals surface area contributed by atoms with Gasteiger partial charge < -0.3 is 9.64 Å². The molecule has 0 spiro atoms. The lowest BCUT2D eigenvalue weighted by atomic mass is 10.1. The van der Waals surface area contributed by atoms with Crippen LogP contribution in [0.25, 0.3) is 0 Å². The van der Waals surface area contributed by atoms with E-state index in [-0.39, 0.29) is 24.2 Å². The quantitative estimate of drug-likeness (QED) is 0.549. The van der Waals surface area contributed by atoms with E-state index in [9.17, 15) is 9.59 Å². The fourth-order valence-corrected chi connectivity index (χ4v) is 3.91. The van der Waals surface area contributed by atoms with Crippen LogP contribution >= 0.6 is 11.8 Å². The third kappa shape index (κ3) is 4.67. The monoisotopic (exact) mass is 369 g/mol. The van der Waals surface area contributed by atoms with Crippen molar-refractivity contribution in [2.75, 3.05) is 23.8 Å². The van der Waals surface area contributed by atoms with Crippen LogP contribution in [-0.4, -0.2) is 30.8 Å². The normalized spacial score (nSPS) is 12.5. The van der Waals surface area contributed by atoms with E-state index in [1.165, 1.54) is 29.3 Å². The van der Waals surface area contributed by atoms with Crippen LogP contribution in [-0.2, 0) is 27.2 Å². The van der Waals surface area contributed by atoms with Crippen LogP contribution in [0.5, 0.6) is 0 Å². The third-order valence-corrected chi connectivity index (χ3v) is 5.44. The Labute approximate surface area is 158 Å². The van der Waals surface area contributed by atoms with E-state index in [0.717, 1.165) is 23.4 Å². The van der Waals surface area contributed by atoms with E-state index >= 15 is 0 Å². The Bertz CT molecular complexity index is 776. The minimum atomic E-state index is -0.368. The average Bonchev–Trinajstić information content (AvgIpc) is 3.14. The number of esters is 1. The molecule has 0 fully saturated rings. The number of likely N-dealkylation sites (N-methyl/N-ethyl adjacent to an activating group) is 1. The lowest BCUT2D eigenvalue weighted by Crippen LogP contribution is -2.34. The Morgan fingerprint density at radius 2 is 1.85 bits per heavy atom. The Morgan fingerprint density at radius 1 is 1.08 bits per heavy atom. The maximum Gasteiger partial charge on any atom is 0.316 e. The van der Waals surface area contributed by atoms with Crippen LogP contribution in [0.1, 0.15) is 24.5 Å². The van der Waals surface area contributed by atoms with Crippen LogP contribution in [0, 0.1) is 0 Å². The second-order valence-electron chi connectivity index (χ2n) is 6.21. The molecule has 2 aromatic rings. The van der Waals surface area contributed by atoms with Gasteiger partial charge in [-0.2, -0.15) is 0 Å². The zero-order valence-electron chi connectivity index (χ0n) is 14.9. The molecule has 26 heavy (non-hydrogen) atoms. The van der Waals surface area contributed by atoms with E-state index in [4.69, 9.17) is 4.74 Å². The minimum Gasteiger partial charge on any atom is -0.455 e. The number of rotatable bonds is 7. The predicted molar refractivity (Wildman–Crippen MR) is 105 cm³/mol. The van der Waals surface area contributed by atoms with Gasteiger partial charge in [0, 0.05) is 17.1 Å². The summed E-state index contributed by atoms with van der Waals surface area (Å²) in [7, 11) is 0. The van der Waals surface area contributed by atoms with Gasteiger partial charge in [0.1, 0.15) is 0 Å². The van der Waals surface area contributed by atoms with E-state index in [2.05, 4.69) is 18.2 Å². The number of carbonyl (C=O) groups is 2. The van der Waals surface area contributed by atoms with E-state index in [1.54, 1.807) is 4.90 Å². The van der Waals surface area contributed by atoms with Crippen molar-refractivity contribution in [2.24, 2.45) is 0 Å². The molecule has 1 aliphatic rings. The van der Waals surface area contributed by atoms with Crippen molar-refractivity contribution >= 4 is 29.3 Å². The Balaban J connectivity index is 1.47. The number of para-hydroxylation sites is 1. The first-order valence-corrected chi connectivity index (χ1v) is 9.91. The standard InChI is InChI=1S/C21H23NO3S/c1-2-22(18-9-4-3-5-10-18)20(23)14-25-21(24)15-26-19-12-11-16-7-6-8-17(16)13-19/h3-5,9-13H,2,6-8,14-15H2,1H3. The molecule has 0 aromatic heterocycles. The Hall–Kier alpha value is -2.27. The second-order valence-corrected chi connectivity index (χ2v) is 7.26. The summed E-state index contributed by atoms with van der Waals surface area (Å²) < 4.78 is 5.17. The molecule has 136 valence electrons. The Morgan fingerprint density at radius 3 is 2.62 bits per heavy atom. The number of aryl methyl sites for hydroxylation is 2. The molecule has 2 aromatic carbocycles. The summed E-state index contributed by atoms with van der Waals surface area (Å²) in [6.07, 6.45) is 3.48. The van der Waals surface area contributed by atoms with Crippen molar-refractivity contribution in [3.8, 4) is 0 Å². The highest BCUT2D eigenvalue weighted by Crippen LogP contribution is 2.27. The topological polar surface area (TPSA) is 46.6 Å². The zero-order chi connectivity index (χ0) is 18.4. The summed E-state index contributed by atoms with van der Waals surface area (Å²) in [6, 6.07) is 15.8. The van der Waals surface area contributed by atoms with E-state index in [0.29, 0.717) is 6.54 Å². The fourth-order valence-electron chi connectivity index (χ4n) is 3.15. The minimum absolute atomic E-state index is 0.212. The zero-order valence-corrected chi connectivity index (χ0v) is 15.8. The average molecular weight is 369 g/mol. The molecular formula is C21H23NO3S. The molecule has 1 aliphatic carbocycles. The molecule has 0 aliphatic heterocycles. The molecule has 0 saturated carbocycles. The summed E-state index contributed by atoms with van der Waals surface area (Å²) in [4.78, 5) is 27.0. The summed E-state index contributed by atoms with van der Waals surface area (Å²) in [5, 5.41) is 0. The molecule has 5 heteroatoms. The largest absolute Gasteiger partial charge is 0.455 e. The van der Waals surface area contributed by atoms with E-state index < -0.39 is 0 Å². The number of ether oxygens (including phenoxy) is 1. The van der Waals surface area contributed by atoms with Crippen LogP contribution in [0.15, 0.2) is 53.4 Å². The number of amides is 1. The number of thioether (sulfide) groups is 1. The highest BCUT2D eigenvalue weighted by atomic mass is 32.2. The van der Waals surface area contributed by atoms with Gasteiger partial charge in [-0.15, -0.1) is 11.8 Å². The summed E-state index contributed by atoms with van der Waals surface area (Å²) in [6.45, 7) is 2.20. The number of benzene rings is 2. The van der Waals surface area contributed by atoms with Crippen molar-refractivity contribution in [3.05, 3.63) is 59.7 Å². The smallest absolute Gasteiger partial charge is 0.316 e. The van der Waals surface area contributed by atoms with Gasteiger partial charge in [-0.3, -0.25) is 9.59 Å². The number of anilines is 1. The maximum absolute atomic E-state index is 12.3. The number of nitrogens with zero attached hydrogens (tertiary/aromatic N) is 1. The highest BCUT2D eigenvalue weighted by molar-refractivity contribution is 8.00. The molecule has 0 heterocycles. The molecule has 0 radical (unpaired) electrons. The van der Waals surface area contributed by atoms with Crippen molar-refractivity contribution < 1.29 is 14.3 Å². The molecule has 0 atom stereocenters. The van der Waals surface area contributed by atoms with Gasteiger partial charge in [-0.05, 0) is 61.6 Å². The molecule has 0 N–H and O–H groups in total. The number of hydrogen-bond donors (Lipinski definition) is 0. The third-order valence-electron chi connectivity index (χ3n) is 4.47. The number of hydrogen-bond acceptors (Lipinski definition) is 4. The van der Waals surface area contributed by atoms with E-state index in [1.807, 2.05) is 37.3 Å². The van der Waals surface area contributed by atoms with Crippen molar-refractivity contribution in [2.45, 2.75) is 31.1 Å². The Kier molecular flexibility index (Phi) is 6.34. The van der Waals surface area contributed by atoms with Crippen LogP contribution in [0.3, 0.4) is 0 Å². The first-order chi connectivity index (χ1) is 12.7. The van der Waals surface area contributed by atoms with Gasteiger partial charge in [-0.1, -0.05) is 24.3 Å². The lowest BCUT2D eigenvalue weighted by molar-refractivity contribution is -0.145. The van der Waals surface area contributed by atoms with Gasteiger partial charge in [-0.25, -0.2) is 0 Å². The maximum atomic E-state index is 12.3. The van der Waals surface area contributed by atoms with Crippen LogP contribution in [0.2, 0.25) is 0 Å². The van der Waals surface area contributed by atoms with Gasteiger partial charge in [0.15, 0.2) is 6.61 Å². The molecule has 0 saturated heterocycles. The molecule has 3 rings (SSSR count). The lowest BCUT2D eigenvalue weighted by Gasteiger charge is -2.20. The number of carbonyl (C=O) groups excluding carboxylic acids is 2. The van der Waals surface area contributed by atoms with Crippen LogP contribution < -0.4 is 4.90 Å². The van der Waals surface area contributed by atoms with Gasteiger partial charge in [0.05, 0.1) is 5.75 Å². The SMILES string of the molecule is CCN(C(=O)COC(=O)CSc1ccc2c(c1)CCC2)c1ccccc1. The van der Waals surface area contributed by atoms with Gasteiger partial charge in [0.2, 0.25) is 0 Å². The fraction of sp³-hybridized carbons (Fsp3) is 0.333. The molecule has 4 nitrogen and oxygen atoms in total. The predicted octanol–water partition coefficient (Wildman–Crippen LogP) is 3.86. The molecule has 1 amide bonds.